The molecule has 0 spiro atoms. The van der Waals surface area contributed by atoms with Crippen molar-refractivity contribution in [2.24, 2.45) is 11.8 Å². The molecular weight excluding hydrogens is 222 g/mol. The summed E-state index contributed by atoms with van der Waals surface area (Å²) < 4.78 is 0. The lowest BCUT2D eigenvalue weighted by Crippen LogP contribution is -2.28. The molecule has 18 heavy (non-hydrogen) atoms. The van der Waals surface area contributed by atoms with Gasteiger partial charge in [0.25, 0.3) is 0 Å². The van der Waals surface area contributed by atoms with Crippen LogP contribution in [0, 0.1) is 18.8 Å². The minimum atomic E-state index is -0.317. The lowest BCUT2D eigenvalue weighted by molar-refractivity contribution is 0.145. The van der Waals surface area contributed by atoms with Crippen molar-refractivity contribution in [1.82, 2.24) is 5.32 Å². The minimum Gasteiger partial charge on any atom is -0.388 e. The van der Waals surface area contributed by atoms with E-state index in [0.29, 0.717) is 6.04 Å². The third kappa shape index (κ3) is 2.32. The molecule has 0 aromatic heterocycles. The van der Waals surface area contributed by atoms with Gasteiger partial charge in [-0.05, 0) is 50.1 Å². The molecular formula is C16H23NO. The van der Waals surface area contributed by atoms with E-state index in [-0.39, 0.29) is 6.10 Å². The zero-order valence-electron chi connectivity index (χ0n) is 11.1. The van der Waals surface area contributed by atoms with Crippen LogP contribution in [0.3, 0.4) is 0 Å². The third-order valence-corrected chi connectivity index (χ3v) is 4.82. The van der Waals surface area contributed by atoms with Gasteiger partial charge in [-0.3, -0.25) is 0 Å². The molecule has 1 aliphatic carbocycles. The molecule has 1 saturated carbocycles. The molecule has 4 atom stereocenters. The Kier molecular flexibility index (Phi) is 3.40. The fourth-order valence-electron chi connectivity index (χ4n) is 3.73. The van der Waals surface area contributed by atoms with E-state index in [1.807, 2.05) is 0 Å². The summed E-state index contributed by atoms with van der Waals surface area (Å²) in [6.07, 6.45) is 4.67. The van der Waals surface area contributed by atoms with Gasteiger partial charge in [0.15, 0.2) is 0 Å². The Labute approximate surface area is 109 Å². The maximum atomic E-state index is 10.4. The molecule has 2 nitrogen and oxygen atoms in total. The van der Waals surface area contributed by atoms with Crippen LogP contribution < -0.4 is 5.32 Å². The maximum absolute atomic E-state index is 10.4. The van der Waals surface area contributed by atoms with E-state index in [9.17, 15) is 5.11 Å². The van der Waals surface area contributed by atoms with E-state index in [0.717, 1.165) is 30.4 Å². The highest BCUT2D eigenvalue weighted by atomic mass is 16.3. The van der Waals surface area contributed by atoms with Crippen molar-refractivity contribution in [1.29, 1.82) is 0 Å². The van der Waals surface area contributed by atoms with Crippen LogP contribution in [0.25, 0.3) is 0 Å². The zero-order chi connectivity index (χ0) is 12.5. The Morgan fingerprint density at radius 2 is 2.06 bits per heavy atom. The molecule has 98 valence electrons. The van der Waals surface area contributed by atoms with Crippen molar-refractivity contribution in [2.45, 2.75) is 44.8 Å². The molecule has 3 rings (SSSR count). The molecule has 2 N–H and O–H groups in total. The van der Waals surface area contributed by atoms with Crippen molar-refractivity contribution in [3.63, 3.8) is 0 Å². The summed E-state index contributed by atoms with van der Waals surface area (Å²) in [6.45, 7) is 3.24. The summed E-state index contributed by atoms with van der Waals surface area (Å²) in [7, 11) is 0. The normalized spacial score (nSPS) is 32.4. The van der Waals surface area contributed by atoms with Crippen molar-refractivity contribution >= 4 is 0 Å². The molecule has 0 radical (unpaired) electrons. The van der Waals surface area contributed by atoms with E-state index in [1.54, 1.807) is 0 Å². The van der Waals surface area contributed by atoms with Crippen molar-refractivity contribution in [3.05, 3.63) is 35.4 Å². The first-order chi connectivity index (χ1) is 8.74. The largest absolute Gasteiger partial charge is 0.388 e. The second-order valence-electron chi connectivity index (χ2n) is 6.03. The van der Waals surface area contributed by atoms with Gasteiger partial charge in [0.1, 0.15) is 0 Å². The second kappa shape index (κ2) is 5.02. The summed E-state index contributed by atoms with van der Waals surface area (Å²) in [5, 5.41) is 14.0. The smallest absolute Gasteiger partial charge is 0.0805 e. The van der Waals surface area contributed by atoms with Gasteiger partial charge in [-0.2, -0.15) is 0 Å². The maximum Gasteiger partial charge on any atom is 0.0805 e. The minimum absolute atomic E-state index is 0.317. The standard InChI is InChI=1S/C16H23NO/c1-11-5-7-12(8-6-11)16(18)9-15-14-4-2-3-13(14)10-17-15/h5-8,13-18H,2-4,9-10H2,1H3. The summed E-state index contributed by atoms with van der Waals surface area (Å²) in [4.78, 5) is 0. The van der Waals surface area contributed by atoms with Crippen LogP contribution >= 0.6 is 0 Å². The lowest BCUT2D eigenvalue weighted by Gasteiger charge is -2.21. The Morgan fingerprint density at radius 3 is 2.83 bits per heavy atom. The summed E-state index contributed by atoms with van der Waals surface area (Å²) >= 11 is 0. The molecule has 2 fully saturated rings. The van der Waals surface area contributed by atoms with Gasteiger partial charge in [0.2, 0.25) is 0 Å². The fraction of sp³-hybridized carbons (Fsp3) is 0.625. The van der Waals surface area contributed by atoms with Crippen LogP contribution in [0.5, 0.6) is 0 Å². The van der Waals surface area contributed by atoms with Gasteiger partial charge in [0.05, 0.1) is 6.10 Å². The summed E-state index contributed by atoms with van der Waals surface area (Å²) in [5.74, 6) is 1.69. The van der Waals surface area contributed by atoms with Crippen LogP contribution in [-0.2, 0) is 0 Å². The van der Waals surface area contributed by atoms with E-state index < -0.39 is 0 Å². The predicted molar refractivity (Wildman–Crippen MR) is 73.4 cm³/mol. The number of rotatable bonds is 3. The molecule has 1 heterocycles. The average molecular weight is 245 g/mol. The van der Waals surface area contributed by atoms with E-state index >= 15 is 0 Å². The topological polar surface area (TPSA) is 32.3 Å². The molecule has 0 bridgehead atoms. The third-order valence-electron chi connectivity index (χ3n) is 4.82. The van der Waals surface area contributed by atoms with Gasteiger partial charge in [-0.15, -0.1) is 0 Å². The fourth-order valence-corrected chi connectivity index (χ4v) is 3.73. The number of benzene rings is 1. The first kappa shape index (κ1) is 12.2. The van der Waals surface area contributed by atoms with Crippen molar-refractivity contribution in [3.8, 4) is 0 Å². The lowest BCUT2D eigenvalue weighted by atomic mass is 9.89. The van der Waals surface area contributed by atoms with Crippen LogP contribution in [-0.4, -0.2) is 17.7 Å². The predicted octanol–water partition coefficient (Wildman–Crippen LogP) is 2.81. The van der Waals surface area contributed by atoms with Gasteiger partial charge < -0.3 is 10.4 Å². The molecule has 2 aliphatic rings. The monoisotopic (exact) mass is 245 g/mol. The summed E-state index contributed by atoms with van der Waals surface area (Å²) in [6, 6.07) is 8.80. The van der Waals surface area contributed by atoms with Gasteiger partial charge in [-0.25, -0.2) is 0 Å². The Balaban J connectivity index is 1.64. The SMILES string of the molecule is Cc1ccc(C(O)CC2NCC3CCCC32)cc1. The number of aliphatic hydroxyl groups excluding tert-OH is 1. The highest BCUT2D eigenvalue weighted by molar-refractivity contribution is 5.23. The quantitative estimate of drug-likeness (QED) is 0.858. The number of aliphatic hydroxyl groups is 1. The van der Waals surface area contributed by atoms with E-state index in [2.05, 4.69) is 36.5 Å². The van der Waals surface area contributed by atoms with Gasteiger partial charge >= 0.3 is 0 Å². The molecule has 1 saturated heterocycles. The molecule has 2 heteroatoms. The molecule has 4 unspecified atom stereocenters. The second-order valence-corrected chi connectivity index (χ2v) is 6.03. The van der Waals surface area contributed by atoms with Gasteiger partial charge in [-0.1, -0.05) is 36.2 Å². The van der Waals surface area contributed by atoms with Crippen molar-refractivity contribution < 1.29 is 5.11 Å². The number of nitrogens with one attached hydrogen (secondary N) is 1. The summed E-state index contributed by atoms with van der Waals surface area (Å²) in [5.41, 5.74) is 2.31. The van der Waals surface area contributed by atoms with Crippen LogP contribution in [0.2, 0.25) is 0 Å². The van der Waals surface area contributed by atoms with E-state index in [1.165, 1.54) is 24.8 Å². The van der Waals surface area contributed by atoms with E-state index in [4.69, 9.17) is 0 Å². The Morgan fingerprint density at radius 1 is 1.28 bits per heavy atom. The zero-order valence-corrected chi connectivity index (χ0v) is 11.1. The van der Waals surface area contributed by atoms with Crippen LogP contribution in [0.1, 0.15) is 42.9 Å². The van der Waals surface area contributed by atoms with Crippen molar-refractivity contribution in [2.75, 3.05) is 6.54 Å². The molecule has 1 aliphatic heterocycles. The Bertz CT molecular complexity index is 400. The van der Waals surface area contributed by atoms with Crippen LogP contribution in [0.15, 0.2) is 24.3 Å². The van der Waals surface area contributed by atoms with Gasteiger partial charge in [0, 0.05) is 6.04 Å². The first-order valence-corrected chi connectivity index (χ1v) is 7.22. The number of hydrogen-bond donors (Lipinski definition) is 2. The number of hydrogen-bond acceptors (Lipinski definition) is 2. The highest BCUT2D eigenvalue weighted by Gasteiger charge is 2.39. The van der Waals surface area contributed by atoms with Crippen LogP contribution in [0.4, 0.5) is 0 Å². The number of aryl methyl sites for hydroxylation is 1. The average Bonchev–Trinajstić information content (AvgIpc) is 2.95. The molecule has 0 amide bonds. The first-order valence-electron chi connectivity index (χ1n) is 7.22. The molecule has 1 aromatic carbocycles. The highest BCUT2D eigenvalue weighted by Crippen LogP contribution is 2.40. The number of fused-ring (bicyclic) bond motifs is 1. The molecule has 1 aromatic rings. The Hall–Kier alpha value is -0.860.